The first-order chi connectivity index (χ1) is 14.5. The standard InChI is InChI=1S/C21H20N6O3/c1-11-14-15(11)17(21(29)27(2)18-16(14)23-7-8-24-18)26-19(28)20-25-10-13(30-20)9-12-5-3-4-6-22-12/h3-8,10-11,14-15,17H,9H2,1-2H3,(H,26,28)/t11-,14+,15-,17-/m0/s1. The fraction of sp³-hybridized carbons (Fsp3) is 0.333. The summed E-state index contributed by atoms with van der Waals surface area (Å²) in [4.78, 5) is 44.5. The second kappa shape index (κ2) is 7.01. The van der Waals surface area contributed by atoms with Crippen molar-refractivity contribution in [2.75, 3.05) is 11.9 Å². The zero-order valence-electron chi connectivity index (χ0n) is 16.5. The molecule has 0 aromatic carbocycles. The Balaban J connectivity index is 1.35. The van der Waals surface area contributed by atoms with Crippen LogP contribution in [0.15, 0.2) is 47.4 Å². The Morgan fingerprint density at radius 2 is 2.00 bits per heavy atom. The Morgan fingerprint density at radius 3 is 2.80 bits per heavy atom. The van der Waals surface area contributed by atoms with Crippen LogP contribution in [-0.4, -0.2) is 44.8 Å². The van der Waals surface area contributed by atoms with E-state index in [0.29, 0.717) is 18.0 Å². The highest BCUT2D eigenvalue weighted by Crippen LogP contribution is 2.58. The van der Waals surface area contributed by atoms with E-state index in [9.17, 15) is 9.59 Å². The predicted octanol–water partition coefficient (Wildman–Crippen LogP) is 1.57. The van der Waals surface area contributed by atoms with Crippen molar-refractivity contribution in [3.63, 3.8) is 0 Å². The Bertz CT molecular complexity index is 1110. The summed E-state index contributed by atoms with van der Waals surface area (Å²) in [5.74, 6) is 0.531. The van der Waals surface area contributed by atoms with E-state index in [-0.39, 0.29) is 29.6 Å². The highest BCUT2D eigenvalue weighted by atomic mass is 16.4. The van der Waals surface area contributed by atoms with Crippen LogP contribution in [0.25, 0.3) is 0 Å². The molecule has 30 heavy (non-hydrogen) atoms. The second-order valence-electron chi connectivity index (χ2n) is 7.71. The number of anilines is 1. The number of hydrogen-bond donors (Lipinski definition) is 1. The number of pyridine rings is 1. The van der Waals surface area contributed by atoms with Crippen LogP contribution in [0.2, 0.25) is 0 Å². The molecule has 0 bridgehead atoms. The minimum Gasteiger partial charge on any atom is -0.437 e. The van der Waals surface area contributed by atoms with E-state index in [0.717, 1.165) is 11.4 Å². The normalized spacial score (nSPS) is 24.6. The minimum atomic E-state index is -0.690. The fourth-order valence-electron chi connectivity index (χ4n) is 4.28. The number of nitrogens with one attached hydrogen (secondary N) is 1. The molecule has 0 radical (unpaired) electrons. The Hall–Kier alpha value is -3.62. The summed E-state index contributed by atoms with van der Waals surface area (Å²) < 4.78 is 5.61. The number of amides is 2. The molecule has 9 heteroatoms. The van der Waals surface area contributed by atoms with Crippen molar-refractivity contribution in [2.24, 2.45) is 11.8 Å². The molecule has 152 valence electrons. The summed E-state index contributed by atoms with van der Waals surface area (Å²) in [6.45, 7) is 2.06. The topological polar surface area (TPSA) is 114 Å². The van der Waals surface area contributed by atoms with Gasteiger partial charge in [-0.15, -0.1) is 0 Å². The van der Waals surface area contributed by atoms with Crippen molar-refractivity contribution in [2.45, 2.75) is 25.3 Å². The van der Waals surface area contributed by atoms with Gasteiger partial charge in [0.1, 0.15) is 11.8 Å². The van der Waals surface area contributed by atoms with Crippen LogP contribution >= 0.6 is 0 Å². The molecule has 1 fully saturated rings. The number of aromatic nitrogens is 4. The van der Waals surface area contributed by atoms with Gasteiger partial charge in [-0.3, -0.25) is 24.5 Å². The minimum absolute atomic E-state index is 0.0372. The van der Waals surface area contributed by atoms with Crippen molar-refractivity contribution in [1.29, 1.82) is 0 Å². The highest BCUT2D eigenvalue weighted by Gasteiger charge is 2.59. The molecular formula is C21H20N6O3. The molecule has 1 N–H and O–H groups in total. The van der Waals surface area contributed by atoms with Crippen molar-refractivity contribution in [3.05, 3.63) is 66.0 Å². The summed E-state index contributed by atoms with van der Waals surface area (Å²) in [5.41, 5.74) is 1.62. The SMILES string of the molecule is C[C@H]1[C@H]2c3nccnc3N(C)C(=O)[C@@H](NC(=O)c3ncc(Cc4ccccn4)o3)[C@@H]12. The zero-order valence-corrected chi connectivity index (χ0v) is 16.5. The summed E-state index contributed by atoms with van der Waals surface area (Å²) in [5, 5.41) is 2.83. The van der Waals surface area contributed by atoms with Gasteiger partial charge in [0.15, 0.2) is 5.82 Å². The van der Waals surface area contributed by atoms with Crippen LogP contribution in [-0.2, 0) is 11.2 Å². The summed E-state index contributed by atoms with van der Waals surface area (Å²) in [6, 6.07) is 4.90. The highest BCUT2D eigenvalue weighted by molar-refractivity contribution is 6.02. The van der Waals surface area contributed by atoms with Crippen LogP contribution < -0.4 is 10.2 Å². The van der Waals surface area contributed by atoms with Gasteiger partial charge in [0.2, 0.25) is 0 Å². The maximum absolute atomic E-state index is 13.1. The molecule has 4 atom stereocenters. The van der Waals surface area contributed by atoms with E-state index in [1.807, 2.05) is 18.2 Å². The Morgan fingerprint density at radius 1 is 1.17 bits per heavy atom. The lowest BCUT2D eigenvalue weighted by molar-refractivity contribution is -0.120. The van der Waals surface area contributed by atoms with E-state index in [2.05, 4.69) is 32.2 Å². The molecule has 0 saturated heterocycles. The van der Waals surface area contributed by atoms with Crippen molar-refractivity contribution in [1.82, 2.24) is 25.3 Å². The lowest BCUT2D eigenvalue weighted by Crippen LogP contribution is -2.49. The third-order valence-corrected chi connectivity index (χ3v) is 5.88. The number of nitrogens with zero attached hydrogens (tertiary/aromatic N) is 5. The van der Waals surface area contributed by atoms with Gasteiger partial charge >= 0.3 is 5.91 Å². The maximum atomic E-state index is 13.1. The maximum Gasteiger partial charge on any atom is 0.307 e. The monoisotopic (exact) mass is 404 g/mol. The molecule has 2 amide bonds. The molecule has 9 nitrogen and oxygen atoms in total. The lowest BCUT2D eigenvalue weighted by atomic mass is 10.1. The first-order valence-electron chi connectivity index (χ1n) is 9.78. The smallest absolute Gasteiger partial charge is 0.307 e. The molecule has 4 heterocycles. The lowest BCUT2D eigenvalue weighted by Gasteiger charge is -2.22. The average molecular weight is 404 g/mol. The number of fused-ring (bicyclic) bond motifs is 3. The Kier molecular flexibility index (Phi) is 4.30. The molecule has 1 aliphatic heterocycles. The van der Waals surface area contributed by atoms with Crippen molar-refractivity contribution >= 4 is 17.6 Å². The molecule has 2 aliphatic rings. The molecule has 3 aromatic heterocycles. The van der Waals surface area contributed by atoms with E-state index < -0.39 is 11.9 Å². The first kappa shape index (κ1) is 18.4. The van der Waals surface area contributed by atoms with Crippen LogP contribution in [0.3, 0.4) is 0 Å². The van der Waals surface area contributed by atoms with Crippen LogP contribution in [0.1, 0.15) is 40.7 Å². The molecular weight excluding hydrogens is 384 g/mol. The molecule has 3 aromatic rings. The molecule has 0 spiro atoms. The van der Waals surface area contributed by atoms with Crippen molar-refractivity contribution < 1.29 is 14.0 Å². The Labute approximate surface area is 172 Å². The van der Waals surface area contributed by atoms with Crippen LogP contribution in [0, 0.1) is 11.8 Å². The van der Waals surface area contributed by atoms with Gasteiger partial charge in [0.05, 0.1) is 11.9 Å². The molecule has 5 rings (SSSR count). The third kappa shape index (κ3) is 3.02. The molecule has 1 saturated carbocycles. The number of rotatable bonds is 4. The molecule has 0 unspecified atom stereocenters. The van der Waals surface area contributed by atoms with Crippen molar-refractivity contribution in [3.8, 4) is 0 Å². The first-order valence-corrected chi connectivity index (χ1v) is 9.78. The van der Waals surface area contributed by atoms with Crippen LogP contribution in [0.5, 0.6) is 0 Å². The number of hydrogen-bond acceptors (Lipinski definition) is 7. The number of likely N-dealkylation sites (N-methyl/N-ethyl adjacent to an activating group) is 1. The number of oxazole rings is 1. The van der Waals surface area contributed by atoms with Gasteiger partial charge in [-0.05, 0) is 18.1 Å². The average Bonchev–Trinajstić information content (AvgIpc) is 3.21. The second-order valence-corrected chi connectivity index (χ2v) is 7.71. The predicted molar refractivity (Wildman–Crippen MR) is 106 cm³/mol. The van der Waals surface area contributed by atoms with Gasteiger partial charge < -0.3 is 9.73 Å². The summed E-state index contributed by atoms with van der Waals surface area (Å²) in [6.07, 6.45) is 6.84. The summed E-state index contributed by atoms with van der Waals surface area (Å²) in [7, 11) is 1.65. The van der Waals surface area contributed by atoms with E-state index in [1.54, 1.807) is 25.6 Å². The quantitative estimate of drug-likeness (QED) is 0.702. The molecule has 1 aliphatic carbocycles. The van der Waals surface area contributed by atoms with Crippen LogP contribution in [0.4, 0.5) is 5.82 Å². The number of carbonyl (C=O) groups is 2. The largest absolute Gasteiger partial charge is 0.437 e. The van der Waals surface area contributed by atoms with Gasteiger partial charge in [0, 0.05) is 49.6 Å². The van der Waals surface area contributed by atoms with E-state index >= 15 is 0 Å². The third-order valence-electron chi connectivity index (χ3n) is 5.88. The zero-order chi connectivity index (χ0) is 20.8. The fourth-order valence-corrected chi connectivity index (χ4v) is 4.28. The van der Waals surface area contributed by atoms with Gasteiger partial charge in [0.25, 0.3) is 11.8 Å². The van der Waals surface area contributed by atoms with E-state index in [1.165, 1.54) is 11.1 Å². The van der Waals surface area contributed by atoms with E-state index in [4.69, 9.17) is 4.42 Å². The number of carbonyl (C=O) groups excluding carboxylic acids is 2. The van der Waals surface area contributed by atoms with Gasteiger partial charge in [-0.25, -0.2) is 9.97 Å². The van der Waals surface area contributed by atoms with Gasteiger partial charge in [-0.2, -0.15) is 0 Å². The summed E-state index contributed by atoms with van der Waals surface area (Å²) >= 11 is 0. The van der Waals surface area contributed by atoms with Gasteiger partial charge in [-0.1, -0.05) is 13.0 Å².